The van der Waals surface area contributed by atoms with Crippen LogP contribution < -0.4 is 15.9 Å². The first-order chi connectivity index (χ1) is 16.8. The number of rotatable bonds is 4. The smallest absolute Gasteiger partial charge is 0.0215 e. The van der Waals surface area contributed by atoms with Crippen LogP contribution in [0.1, 0.15) is 0 Å². The van der Waals surface area contributed by atoms with E-state index in [1.54, 1.807) is 0 Å². The zero-order valence-corrected chi connectivity index (χ0v) is 22.2. The topological polar surface area (TPSA) is 0 Å². The molecular formula is C32H22BIP. The van der Waals surface area contributed by atoms with Gasteiger partial charge in [0.2, 0.25) is 0 Å². The molecule has 6 aromatic rings. The van der Waals surface area contributed by atoms with E-state index in [1.165, 1.54) is 52.2 Å². The standard InChI is InChI=1S/C32H22IP.B/c33-29-21-19-23-11-7-9-17-27(23)31(29)32-28-18-10-8-12-24(28)20-22-30(32)34(25-13-3-1-4-14-25)26-15-5-2-6-16-26;/h1-22H;. The summed E-state index contributed by atoms with van der Waals surface area (Å²) in [6.45, 7) is 0. The van der Waals surface area contributed by atoms with Crippen molar-refractivity contribution in [3.63, 3.8) is 0 Å². The average Bonchev–Trinajstić information content (AvgIpc) is 2.90. The lowest BCUT2D eigenvalue weighted by atomic mass is 9.94. The molecule has 0 aromatic heterocycles. The lowest BCUT2D eigenvalue weighted by molar-refractivity contribution is 1.66. The van der Waals surface area contributed by atoms with Gasteiger partial charge in [0.15, 0.2) is 0 Å². The fourth-order valence-corrected chi connectivity index (χ4v) is 8.00. The van der Waals surface area contributed by atoms with Crippen molar-refractivity contribution in [2.45, 2.75) is 0 Å². The molecule has 0 N–H and O–H groups in total. The quantitative estimate of drug-likeness (QED) is 0.115. The van der Waals surface area contributed by atoms with E-state index in [2.05, 4.69) is 156 Å². The SMILES string of the molecule is Ic1ccc2ccccc2c1-c1c(P(c2ccccc2)c2ccccc2)ccc2ccccc12.[B]. The first-order valence-corrected chi connectivity index (χ1v) is 13.8. The van der Waals surface area contributed by atoms with Gasteiger partial charge in [0.05, 0.1) is 0 Å². The van der Waals surface area contributed by atoms with Gasteiger partial charge in [0.25, 0.3) is 0 Å². The summed E-state index contributed by atoms with van der Waals surface area (Å²) in [5.74, 6) is 0. The zero-order valence-electron chi connectivity index (χ0n) is 19.1. The minimum Gasteiger partial charge on any atom is -0.0622 e. The molecule has 6 aromatic carbocycles. The highest BCUT2D eigenvalue weighted by Gasteiger charge is 2.23. The second-order valence-electron chi connectivity index (χ2n) is 8.33. The molecule has 0 unspecified atom stereocenters. The Morgan fingerprint density at radius 2 is 0.886 bits per heavy atom. The second-order valence-corrected chi connectivity index (χ2v) is 11.7. The van der Waals surface area contributed by atoms with E-state index in [1.807, 2.05) is 0 Å². The fraction of sp³-hybridized carbons (Fsp3) is 0. The largest absolute Gasteiger partial charge is 0.0622 e. The Balaban J connectivity index is 0.00000253. The monoisotopic (exact) mass is 575 g/mol. The van der Waals surface area contributed by atoms with Crippen molar-refractivity contribution in [2.24, 2.45) is 0 Å². The van der Waals surface area contributed by atoms with E-state index in [-0.39, 0.29) is 8.41 Å². The fourth-order valence-electron chi connectivity index (χ4n) is 4.79. The summed E-state index contributed by atoms with van der Waals surface area (Å²) in [4.78, 5) is 0. The van der Waals surface area contributed by atoms with Crippen molar-refractivity contribution < 1.29 is 0 Å². The Kier molecular flexibility index (Phi) is 7.04. The molecule has 3 radical (unpaired) electrons. The maximum atomic E-state index is 2.52. The third kappa shape index (κ3) is 4.42. The minimum atomic E-state index is -0.735. The van der Waals surface area contributed by atoms with Gasteiger partial charge in [-0.1, -0.05) is 127 Å². The third-order valence-corrected chi connectivity index (χ3v) is 9.69. The average molecular weight is 575 g/mol. The summed E-state index contributed by atoms with van der Waals surface area (Å²) in [6, 6.07) is 48.8. The normalized spacial score (nSPS) is 11.0. The highest BCUT2D eigenvalue weighted by molar-refractivity contribution is 14.1. The Bertz CT molecular complexity index is 1570. The summed E-state index contributed by atoms with van der Waals surface area (Å²) < 4.78 is 1.28. The van der Waals surface area contributed by atoms with Crippen LogP contribution in [0, 0.1) is 3.57 Å². The predicted molar refractivity (Wildman–Crippen MR) is 164 cm³/mol. The van der Waals surface area contributed by atoms with Gasteiger partial charge in [-0.3, -0.25) is 0 Å². The first-order valence-electron chi connectivity index (χ1n) is 11.4. The zero-order chi connectivity index (χ0) is 22.9. The van der Waals surface area contributed by atoms with Crippen LogP contribution in [-0.2, 0) is 0 Å². The van der Waals surface area contributed by atoms with Crippen LogP contribution in [-0.4, -0.2) is 8.41 Å². The van der Waals surface area contributed by atoms with Crippen LogP contribution in [0.5, 0.6) is 0 Å². The molecule has 0 amide bonds. The summed E-state index contributed by atoms with van der Waals surface area (Å²) in [5.41, 5.74) is 2.70. The molecule has 0 saturated heterocycles. The van der Waals surface area contributed by atoms with E-state index >= 15 is 0 Å². The molecule has 6 rings (SSSR count). The van der Waals surface area contributed by atoms with Gasteiger partial charge in [-0.15, -0.1) is 0 Å². The Morgan fingerprint density at radius 3 is 1.46 bits per heavy atom. The van der Waals surface area contributed by atoms with E-state index < -0.39 is 7.92 Å². The molecule has 0 atom stereocenters. The van der Waals surface area contributed by atoms with E-state index in [4.69, 9.17) is 0 Å². The Labute approximate surface area is 223 Å². The van der Waals surface area contributed by atoms with Gasteiger partial charge in [0, 0.05) is 17.5 Å². The van der Waals surface area contributed by atoms with Crippen molar-refractivity contribution in [3.8, 4) is 11.1 Å². The number of halogens is 1. The molecule has 0 aliphatic carbocycles. The number of hydrogen-bond acceptors (Lipinski definition) is 0. The van der Waals surface area contributed by atoms with Crippen LogP contribution in [0.15, 0.2) is 133 Å². The van der Waals surface area contributed by atoms with Crippen LogP contribution in [0.2, 0.25) is 0 Å². The molecule has 35 heavy (non-hydrogen) atoms. The van der Waals surface area contributed by atoms with Crippen LogP contribution in [0.25, 0.3) is 32.7 Å². The number of fused-ring (bicyclic) bond motifs is 2. The number of hydrogen-bond donors (Lipinski definition) is 0. The molecule has 0 aliphatic heterocycles. The molecule has 0 spiro atoms. The Hall–Kier alpha value is -2.94. The maximum absolute atomic E-state index is 2.52. The van der Waals surface area contributed by atoms with E-state index in [0.717, 1.165) is 0 Å². The van der Waals surface area contributed by atoms with E-state index in [9.17, 15) is 0 Å². The molecule has 3 heteroatoms. The number of benzene rings is 6. The summed E-state index contributed by atoms with van der Waals surface area (Å²) in [6.07, 6.45) is 0. The van der Waals surface area contributed by atoms with E-state index in [0.29, 0.717) is 0 Å². The van der Waals surface area contributed by atoms with Crippen molar-refractivity contribution >= 4 is 76.4 Å². The molecular weight excluding hydrogens is 553 g/mol. The lowest BCUT2D eigenvalue weighted by Crippen LogP contribution is -2.22. The summed E-state index contributed by atoms with van der Waals surface area (Å²) in [5, 5.41) is 9.32. The van der Waals surface area contributed by atoms with Crippen molar-refractivity contribution in [2.75, 3.05) is 0 Å². The molecule has 0 nitrogen and oxygen atoms in total. The van der Waals surface area contributed by atoms with Gasteiger partial charge in [-0.05, 0) is 79.6 Å². The van der Waals surface area contributed by atoms with Crippen LogP contribution in [0.3, 0.4) is 0 Å². The van der Waals surface area contributed by atoms with Crippen LogP contribution in [0.4, 0.5) is 0 Å². The van der Waals surface area contributed by atoms with Gasteiger partial charge < -0.3 is 0 Å². The minimum absolute atomic E-state index is 0. The summed E-state index contributed by atoms with van der Waals surface area (Å²) >= 11 is 2.52. The molecule has 0 heterocycles. The lowest BCUT2D eigenvalue weighted by Gasteiger charge is -2.25. The van der Waals surface area contributed by atoms with Crippen molar-refractivity contribution in [1.82, 2.24) is 0 Å². The van der Waals surface area contributed by atoms with Gasteiger partial charge in [-0.25, -0.2) is 0 Å². The molecule has 0 aliphatic rings. The molecule has 0 saturated carbocycles. The second kappa shape index (κ2) is 10.4. The predicted octanol–water partition coefficient (Wildman–Crippen LogP) is 7.64. The van der Waals surface area contributed by atoms with Crippen molar-refractivity contribution in [1.29, 1.82) is 0 Å². The summed E-state index contributed by atoms with van der Waals surface area (Å²) in [7, 11) is -0.735. The van der Waals surface area contributed by atoms with Gasteiger partial charge >= 0.3 is 0 Å². The maximum Gasteiger partial charge on any atom is 0.0215 e. The highest BCUT2D eigenvalue weighted by atomic mass is 127. The van der Waals surface area contributed by atoms with Crippen molar-refractivity contribution in [3.05, 3.63) is 137 Å². The molecule has 0 fully saturated rings. The first kappa shape index (κ1) is 23.8. The van der Waals surface area contributed by atoms with Gasteiger partial charge in [0.1, 0.15) is 0 Å². The van der Waals surface area contributed by atoms with Gasteiger partial charge in [-0.2, -0.15) is 0 Å². The molecule has 0 bridgehead atoms. The highest BCUT2D eigenvalue weighted by Crippen LogP contribution is 2.43. The molecule has 165 valence electrons. The third-order valence-electron chi connectivity index (χ3n) is 6.30. The Morgan fingerprint density at radius 1 is 0.429 bits per heavy atom. The van der Waals surface area contributed by atoms with Crippen LogP contribution >= 0.6 is 30.5 Å².